The summed E-state index contributed by atoms with van der Waals surface area (Å²) >= 11 is 6.49. The monoisotopic (exact) mass is 504 g/mol. The van der Waals surface area contributed by atoms with Gasteiger partial charge in [-0.05, 0) is 69.5 Å². The largest absolute Gasteiger partial charge is 0.487 e. The predicted molar refractivity (Wildman–Crippen MR) is 140 cm³/mol. The van der Waals surface area contributed by atoms with Crippen molar-refractivity contribution in [1.82, 2.24) is 15.8 Å². The lowest BCUT2D eigenvalue weighted by molar-refractivity contribution is -0.175. The van der Waals surface area contributed by atoms with Gasteiger partial charge in [0.1, 0.15) is 23.3 Å². The quantitative estimate of drug-likeness (QED) is 0.307. The second-order valence-electron chi connectivity index (χ2n) is 9.10. The van der Waals surface area contributed by atoms with E-state index in [1.54, 1.807) is 58.2 Å². The van der Waals surface area contributed by atoms with Crippen molar-refractivity contribution in [3.8, 4) is 0 Å². The number of rotatable bonds is 8. The highest BCUT2D eigenvalue weighted by Gasteiger charge is 2.37. The zero-order valence-electron chi connectivity index (χ0n) is 21.3. The molecule has 5 N–H and O–H groups in total. The highest BCUT2D eigenvalue weighted by Crippen LogP contribution is 2.36. The van der Waals surface area contributed by atoms with Gasteiger partial charge in [0.25, 0.3) is 0 Å². The third-order valence-corrected chi connectivity index (χ3v) is 6.07. The number of hydrogen-bond donors (Lipinski definition) is 4. The fourth-order valence-electron chi connectivity index (χ4n) is 3.01. The Morgan fingerprint density at radius 2 is 2.06 bits per heavy atom. The molecule has 9 heteroatoms. The zero-order chi connectivity index (χ0) is 26.2. The normalized spacial score (nSPS) is 18.0. The van der Waals surface area contributed by atoms with Crippen molar-refractivity contribution in [3.05, 3.63) is 64.2 Å². The third kappa shape index (κ3) is 8.13. The molecule has 2 heterocycles. The van der Waals surface area contributed by atoms with Crippen molar-refractivity contribution in [2.24, 2.45) is 0 Å². The first kappa shape index (κ1) is 28.4. The average Bonchev–Trinajstić information content (AvgIpc) is 3.16. The summed E-state index contributed by atoms with van der Waals surface area (Å²) in [7, 11) is 0. The minimum atomic E-state index is -1.04. The number of aromatic nitrogens is 1. The van der Waals surface area contributed by atoms with Crippen molar-refractivity contribution in [3.63, 3.8) is 0 Å². The fourth-order valence-corrected chi connectivity index (χ4v) is 3.31. The molecule has 0 radical (unpaired) electrons. The molecule has 8 nitrogen and oxygen atoms in total. The third-order valence-electron chi connectivity index (χ3n) is 5.78. The van der Waals surface area contributed by atoms with E-state index in [4.69, 9.17) is 26.9 Å². The van der Waals surface area contributed by atoms with Crippen LogP contribution in [-0.2, 0) is 14.4 Å². The molecule has 0 fully saturated rings. The van der Waals surface area contributed by atoms with E-state index in [2.05, 4.69) is 15.8 Å². The number of amides is 1. The number of nitrogens with two attached hydrogens (primary N) is 1. The van der Waals surface area contributed by atoms with Crippen LogP contribution in [0.4, 0.5) is 5.82 Å². The number of allylic oxidation sites excluding steroid dienone is 3. The molecule has 0 bridgehead atoms. The first-order valence-corrected chi connectivity index (χ1v) is 12.1. The van der Waals surface area contributed by atoms with Crippen LogP contribution in [0.3, 0.4) is 0 Å². The molecule has 1 aliphatic carbocycles. The van der Waals surface area contributed by atoms with Crippen LogP contribution < -0.4 is 16.5 Å². The van der Waals surface area contributed by atoms with Crippen LogP contribution in [0.5, 0.6) is 0 Å². The van der Waals surface area contributed by atoms with Crippen molar-refractivity contribution < 1.29 is 19.5 Å². The molecule has 1 aliphatic heterocycles. The number of halogens is 1. The minimum Gasteiger partial charge on any atom is -0.487 e. The number of ether oxygens (including phenoxy) is 1. The number of nitrogen functional groups attached to an aromatic ring is 1. The number of hydrogen-bond acceptors (Lipinski definition) is 7. The van der Waals surface area contributed by atoms with Gasteiger partial charge in [-0.1, -0.05) is 31.5 Å². The van der Waals surface area contributed by atoms with Crippen molar-refractivity contribution in [2.45, 2.75) is 71.7 Å². The topological polar surface area (TPSA) is 119 Å². The molecular weight excluding hydrogens is 468 g/mol. The Bertz CT molecular complexity index is 1010. The molecule has 1 atom stereocenters. The lowest BCUT2D eigenvalue weighted by atomic mass is 9.90. The van der Waals surface area contributed by atoms with E-state index in [-0.39, 0.29) is 12.0 Å². The number of carbonyl (C=O) groups excluding carboxylic acids is 1. The van der Waals surface area contributed by atoms with Gasteiger partial charge >= 0.3 is 0 Å². The van der Waals surface area contributed by atoms with E-state index in [9.17, 15) is 9.90 Å². The maximum Gasteiger partial charge on any atom is 0.244 e. The summed E-state index contributed by atoms with van der Waals surface area (Å²) in [6.45, 7) is 11.3. The smallest absolute Gasteiger partial charge is 0.244 e. The van der Waals surface area contributed by atoms with Gasteiger partial charge in [-0.3, -0.25) is 15.1 Å². The molecule has 1 unspecified atom stereocenters. The van der Waals surface area contributed by atoms with E-state index < -0.39 is 11.2 Å². The van der Waals surface area contributed by atoms with Crippen molar-refractivity contribution in [1.29, 1.82) is 0 Å². The molecule has 0 spiro atoms. The first-order valence-electron chi connectivity index (χ1n) is 11.7. The molecule has 0 saturated heterocycles. The SMILES string of the molecule is CC.CC(C)(O)C(C)(C)ONC1=CCC2=C(OC(CNC(=O)/C=C/c3ccc(N)nc3)C2)C(Cl)=C1. The van der Waals surface area contributed by atoms with E-state index in [1.165, 1.54) is 6.08 Å². The number of nitrogens with zero attached hydrogens (tertiary/aromatic N) is 1. The summed E-state index contributed by atoms with van der Waals surface area (Å²) in [6, 6.07) is 3.46. The maximum absolute atomic E-state index is 12.1. The van der Waals surface area contributed by atoms with Crippen LogP contribution in [0.1, 0.15) is 59.9 Å². The van der Waals surface area contributed by atoms with Gasteiger partial charge < -0.3 is 20.9 Å². The van der Waals surface area contributed by atoms with Gasteiger partial charge in [0, 0.05) is 18.7 Å². The lowest BCUT2D eigenvalue weighted by Crippen LogP contribution is -2.49. The number of pyridine rings is 1. The van der Waals surface area contributed by atoms with Crippen LogP contribution in [0.2, 0.25) is 0 Å². The highest BCUT2D eigenvalue weighted by atomic mass is 35.5. The standard InChI is InChI=1S/C24H31ClN4O4.C2H6/c1-23(2,31)24(3,4)33-29-17-8-7-16-11-18(32-22(16)19(25)12-17)14-28-21(30)10-6-15-5-9-20(26)27-13-15;1-2/h5-6,8-10,12-13,18,29,31H,7,11,14H2,1-4H3,(H2,26,27)(H,28,30);1-2H3/b10-6+;. The molecule has 1 amide bonds. The average molecular weight is 505 g/mol. The van der Waals surface area contributed by atoms with Crippen molar-refractivity contribution in [2.75, 3.05) is 12.3 Å². The van der Waals surface area contributed by atoms with Crippen molar-refractivity contribution >= 4 is 29.4 Å². The Balaban J connectivity index is 0.00000210. The Kier molecular flexibility index (Phi) is 9.94. The van der Waals surface area contributed by atoms with E-state index in [1.807, 2.05) is 19.9 Å². The number of nitrogens with one attached hydrogen (secondary N) is 2. The van der Waals surface area contributed by atoms with Gasteiger partial charge in [0.05, 0.1) is 22.9 Å². The van der Waals surface area contributed by atoms with Gasteiger partial charge in [-0.15, -0.1) is 0 Å². The van der Waals surface area contributed by atoms with Gasteiger partial charge in [0.15, 0.2) is 0 Å². The number of carbonyl (C=O) groups is 1. The first-order chi connectivity index (χ1) is 16.4. The Hall–Kier alpha value is -2.81. The molecule has 0 aromatic carbocycles. The summed E-state index contributed by atoms with van der Waals surface area (Å²) < 4.78 is 6.01. The summed E-state index contributed by atoms with van der Waals surface area (Å²) in [5.74, 6) is 0.837. The van der Waals surface area contributed by atoms with Gasteiger partial charge in [-0.2, -0.15) is 0 Å². The molecule has 3 rings (SSSR count). The molecule has 1 aromatic heterocycles. The molecule has 0 saturated carbocycles. The summed E-state index contributed by atoms with van der Waals surface area (Å²) in [5.41, 5.74) is 9.10. The molecular formula is C26H37ClN4O4. The summed E-state index contributed by atoms with van der Waals surface area (Å²) in [5, 5.41) is 13.5. The second-order valence-corrected chi connectivity index (χ2v) is 9.51. The van der Waals surface area contributed by atoms with E-state index >= 15 is 0 Å². The zero-order valence-corrected chi connectivity index (χ0v) is 22.1. The van der Waals surface area contributed by atoms with Crippen LogP contribution in [0.25, 0.3) is 6.08 Å². The summed E-state index contributed by atoms with van der Waals surface area (Å²) in [6.07, 6.45) is 9.50. The van der Waals surface area contributed by atoms with Crippen LogP contribution in [-0.4, -0.2) is 39.8 Å². The van der Waals surface area contributed by atoms with Crippen LogP contribution in [0, 0.1) is 0 Å². The molecule has 2 aliphatic rings. The van der Waals surface area contributed by atoms with E-state index in [0.29, 0.717) is 41.7 Å². The number of anilines is 1. The predicted octanol–water partition coefficient (Wildman–Crippen LogP) is 4.34. The molecule has 35 heavy (non-hydrogen) atoms. The molecule has 1 aromatic rings. The number of hydroxylamine groups is 1. The molecule has 192 valence electrons. The highest BCUT2D eigenvalue weighted by molar-refractivity contribution is 6.32. The maximum atomic E-state index is 12.1. The van der Waals surface area contributed by atoms with Gasteiger partial charge in [-0.25, -0.2) is 4.98 Å². The van der Waals surface area contributed by atoms with Crippen LogP contribution in [0.15, 0.2) is 58.6 Å². The lowest BCUT2D eigenvalue weighted by Gasteiger charge is -2.36. The Morgan fingerprint density at radius 1 is 1.34 bits per heavy atom. The van der Waals surface area contributed by atoms with Gasteiger partial charge in [0.2, 0.25) is 5.91 Å². The fraction of sp³-hybridized carbons (Fsp3) is 0.462. The summed E-state index contributed by atoms with van der Waals surface area (Å²) in [4.78, 5) is 21.8. The minimum absolute atomic E-state index is 0.194. The van der Waals surface area contributed by atoms with E-state index in [0.717, 1.165) is 11.1 Å². The number of aliphatic hydroxyl groups is 1. The Morgan fingerprint density at radius 3 is 2.69 bits per heavy atom. The second kappa shape index (κ2) is 12.2. The van der Waals surface area contributed by atoms with Crippen LogP contribution >= 0.6 is 11.6 Å². The Labute approximate surface area is 212 Å².